The van der Waals surface area contributed by atoms with E-state index in [1.165, 1.54) is 11.5 Å². The van der Waals surface area contributed by atoms with E-state index in [4.69, 9.17) is 4.74 Å². The molecule has 0 bridgehead atoms. The molecule has 0 unspecified atom stereocenters. The van der Waals surface area contributed by atoms with Crippen LogP contribution in [-0.4, -0.2) is 23.2 Å². The van der Waals surface area contributed by atoms with Crippen LogP contribution < -0.4 is 5.32 Å². The Balaban J connectivity index is 2.54. The topological polar surface area (TPSA) is 60.3 Å². The summed E-state index contributed by atoms with van der Waals surface area (Å²) in [6, 6.07) is 7.25. The van der Waals surface area contributed by atoms with Crippen LogP contribution in [0.2, 0.25) is 0 Å². The van der Waals surface area contributed by atoms with Gasteiger partial charge in [0.15, 0.2) is 0 Å². The number of nitrogens with zero attached hydrogens (tertiary/aromatic N) is 1. The SMILES string of the molecule is CCOC(=O)n1ccc2cccc(NC(C)=O)c21. The lowest BCUT2D eigenvalue weighted by Gasteiger charge is -2.08. The number of carbonyl (C=O) groups excluding carboxylic acids is 2. The van der Waals surface area contributed by atoms with E-state index in [2.05, 4.69) is 5.32 Å². The number of carbonyl (C=O) groups is 2. The molecule has 5 nitrogen and oxygen atoms in total. The number of ether oxygens (including phenoxy) is 1. The summed E-state index contributed by atoms with van der Waals surface area (Å²) in [5.41, 5.74) is 1.24. The van der Waals surface area contributed by atoms with Crippen molar-refractivity contribution in [2.45, 2.75) is 13.8 Å². The molecule has 0 fully saturated rings. The maximum atomic E-state index is 11.8. The summed E-state index contributed by atoms with van der Waals surface area (Å²) in [6.45, 7) is 3.48. The quantitative estimate of drug-likeness (QED) is 0.886. The van der Waals surface area contributed by atoms with Gasteiger partial charge in [0.1, 0.15) is 0 Å². The highest BCUT2D eigenvalue weighted by atomic mass is 16.5. The molecule has 0 radical (unpaired) electrons. The molecule has 94 valence electrons. The zero-order valence-corrected chi connectivity index (χ0v) is 10.3. The van der Waals surface area contributed by atoms with E-state index in [0.29, 0.717) is 17.8 Å². The summed E-state index contributed by atoms with van der Waals surface area (Å²) in [7, 11) is 0. The van der Waals surface area contributed by atoms with E-state index in [1.54, 1.807) is 25.3 Å². The molecular weight excluding hydrogens is 232 g/mol. The molecule has 2 rings (SSSR count). The number of hydrogen-bond donors (Lipinski definition) is 1. The van der Waals surface area contributed by atoms with E-state index >= 15 is 0 Å². The lowest BCUT2D eigenvalue weighted by atomic mass is 10.2. The van der Waals surface area contributed by atoms with Crippen LogP contribution >= 0.6 is 0 Å². The smallest absolute Gasteiger partial charge is 0.418 e. The van der Waals surface area contributed by atoms with Crippen molar-refractivity contribution >= 4 is 28.6 Å². The Kier molecular flexibility index (Phi) is 3.32. The van der Waals surface area contributed by atoms with Gasteiger partial charge < -0.3 is 10.1 Å². The number of rotatable bonds is 2. The molecular formula is C13H14N2O3. The van der Waals surface area contributed by atoms with Gasteiger partial charge in [-0.1, -0.05) is 12.1 Å². The minimum absolute atomic E-state index is 0.181. The Hall–Kier alpha value is -2.30. The van der Waals surface area contributed by atoms with Crippen LogP contribution in [0.4, 0.5) is 10.5 Å². The predicted molar refractivity (Wildman–Crippen MR) is 68.7 cm³/mol. The van der Waals surface area contributed by atoms with Gasteiger partial charge in [0, 0.05) is 18.5 Å². The van der Waals surface area contributed by atoms with E-state index in [-0.39, 0.29) is 5.91 Å². The molecule has 2 aromatic rings. The van der Waals surface area contributed by atoms with Crippen LogP contribution in [0.1, 0.15) is 13.8 Å². The molecule has 0 saturated heterocycles. The van der Waals surface area contributed by atoms with Crippen molar-refractivity contribution in [1.82, 2.24) is 4.57 Å². The summed E-state index contributed by atoms with van der Waals surface area (Å²) in [5, 5.41) is 3.57. The van der Waals surface area contributed by atoms with Gasteiger partial charge in [-0.05, 0) is 19.1 Å². The minimum atomic E-state index is -0.453. The highest BCUT2D eigenvalue weighted by molar-refractivity contribution is 6.03. The highest BCUT2D eigenvalue weighted by Gasteiger charge is 2.13. The van der Waals surface area contributed by atoms with Gasteiger partial charge in [-0.3, -0.25) is 9.36 Å². The Bertz CT molecular complexity index is 601. The number of anilines is 1. The van der Waals surface area contributed by atoms with Crippen LogP contribution in [0.3, 0.4) is 0 Å². The highest BCUT2D eigenvalue weighted by Crippen LogP contribution is 2.24. The molecule has 0 aliphatic carbocycles. The Morgan fingerprint density at radius 1 is 1.33 bits per heavy atom. The van der Waals surface area contributed by atoms with Crippen molar-refractivity contribution < 1.29 is 14.3 Å². The van der Waals surface area contributed by atoms with Crippen LogP contribution in [0.15, 0.2) is 30.5 Å². The predicted octanol–water partition coefficient (Wildman–Crippen LogP) is 2.60. The van der Waals surface area contributed by atoms with Crippen LogP contribution in [0.5, 0.6) is 0 Å². The zero-order valence-electron chi connectivity index (χ0n) is 10.3. The van der Waals surface area contributed by atoms with Gasteiger partial charge in [-0.25, -0.2) is 4.79 Å². The summed E-state index contributed by atoms with van der Waals surface area (Å²) in [5.74, 6) is -0.181. The van der Waals surface area contributed by atoms with Crippen LogP contribution in [0.25, 0.3) is 10.9 Å². The fourth-order valence-electron chi connectivity index (χ4n) is 1.83. The number of amides is 1. The maximum Gasteiger partial charge on any atom is 0.418 e. The second-order valence-electron chi connectivity index (χ2n) is 3.81. The van der Waals surface area contributed by atoms with Crippen molar-refractivity contribution in [2.24, 2.45) is 0 Å². The van der Waals surface area contributed by atoms with E-state index in [9.17, 15) is 9.59 Å². The third kappa shape index (κ3) is 2.20. The van der Waals surface area contributed by atoms with Gasteiger partial charge in [0.25, 0.3) is 0 Å². The normalized spacial score (nSPS) is 10.3. The number of benzene rings is 1. The van der Waals surface area contributed by atoms with Crippen molar-refractivity contribution in [1.29, 1.82) is 0 Å². The Morgan fingerprint density at radius 3 is 2.78 bits per heavy atom. The van der Waals surface area contributed by atoms with Gasteiger partial charge in [-0.15, -0.1) is 0 Å². The van der Waals surface area contributed by atoms with Crippen molar-refractivity contribution in [3.8, 4) is 0 Å². The first-order valence-electron chi connectivity index (χ1n) is 5.68. The Labute approximate surface area is 104 Å². The van der Waals surface area contributed by atoms with Crippen molar-refractivity contribution in [3.05, 3.63) is 30.5 Å². The number of nitrogens with one attached hydrogen (secondary N) is 1. The third-order valence-corrected chi connectivity index (χ3v) is 2.49. The number of para-hydroxylation sites is 1. The summed E-state index contributed by atoms with van der Waals surface area (Å²) < 4.78 is 6.36. The fraction of sp³-hybridized carbons (Fsp3) is 0.231. The fourth-order valence-corrected chi connectivity index (χ4v) is 1.83. The third-order valence-electron chi connectivity index (χ3n) is 2.49. The molecule has 18 heavy (non-hydrogen) atoms. The molecule has 1 N–H and O–H groups in total. The first kappa shape index (κ1) is 12.2. The first-order chi connectivity index (χ1) is 8.63. The van der Waals surface area contributed by atoms with Gasteiger partial charge in [0.2, 0.25) is 5.91 Å². The average molecular weight is 246 g/mol. The van der Waals surface area contributed by atoms with Gasteiger partial charge in [-0.2, -0.15) is 0 Å². The summed E-state index contributed by atoms with van der Waals surface area (Å²) in [4.78, 5) is 22.9. The average Bonchev–Trinajstić information content (AvgIpc) is 2.73. The van der Waals surface area contributed by atoms with Crippen LogP contribution in [0, 0.1) is 0 Å². The van der Waals surface area contributed by atoms with Gasteiger partial charge >= 0.3 is 6.09 Å². The van der Waals surface area contributed by atoms with Crippen molar-refractivity contribution in [2.75, 3.05) is 11.9 Å². The second kappa shape index (κ2) is 4.91. The monoisotopic (exact) mass is 246 g/mol. The van der Waals surface area contributed by atoms with E-state index in [0.717, 1.165) is 5.39 Å². The number of hydrogen-bond acceptors (Lipinski definition) is 3. The maximum absolute atomic E-state index is 11.8. The lowest BCUT2D eigenvalue weighted by molar-refractivity contribution is -0.114. The minimum Gasteiger partial charge on any atom is -0.449 e. The lowest BCUT2D eigenvalue weighted by Crippen LogP contribution is -2.14. The molecule has 1 amide bonds. The molecule has 0 saturated carbocycles. The zero-order chi connectivity index (χ0) is 13.1. The van der Waals surface area contributed by atoms with Crippen LogP contribution in [-0.2, 0) is 9.53 Å². The molecule has 1 heterocycles. The Morgan fingerprint density at radius 2 is 2.11 bits per heavy atom. The van der Waals surface area contributed by atoms with Gasteiger partial charge in [0.05, 0.1) is 17.8 Å². The molecule has 1 aromatic heterocycles. The standard InChI is InChI=1S/C13H14N2O3/c1-3-18-13(17)15-8-7-10-5-4-6-11(12(10)15)14-9(2)16/h4-8H,3H2,1-2H3,(H,14,16). The first-order valence-corrected chi connectivity index (χ1v) is 5.68. The molecule has 5 heteroatoms. The molecule has 1 aromatic carbocycles. The van der Waals surface area contributed by atoms with Crippen molar-refractivity contribution in [3.63, 3.8) is 0 Å². The number of aromatic nitrogens is 1. The number of fused-ring (bicyclic) bond motifs is 1. The molecule has 0 aliphatic heterocycles. The molecule has 0 aliphatic rings. The van der Waals surface area contributed by atoms with E-state index in [1.807, 2.05) is 12.1 Å². The van der Waals surface area contributed by atoms with E-state index < -0.39 is 6.09 Å². The molecule has 0 atom stereocenters. The second-order valence-corrected chi connectivity index (χ2v) is 3.81. The summed E-state index contributed by atoms with van der Waals surface area (Å²) in [6.07, 6.45) is 1.18. The molecule has 0 spiro atoms. The summed E-state index contributed by atoms with van der Waals surface area (Å²) >= 11 is 0. The largest absolute Gasteiger partial charge is 0.449 e.